The van der Waals surface area contributed by atoms with E-state index in [9.17, 15) is 9.59 Å². The molecule has 0 aliphatic rings. The highest BCUT2D eigenvalue weighted by Gasteiger charge is 2.21. The lowest BCUT2D eigenvalue weighted by molar-refractivity contribution is -0.119. The molecular weight excluding hydrogens is 146 g/mol. The lowest BCUT2D eigenvalue weighted by atomic mass is 10.0. The first-order valence-corrected chi connectivity index (χ1v) is 3.19. The van der Waals surface area contributed by atoms with Crippen molar-refractivity contribution in [1.29, 1.82) is 0 Å². The zero-order valence-corrected chi connectivity index (χ0v) is 6.68. The number of carbonyl (C=O) groups excluding carboxylic acids is 2. The Hall–Kier alpha value is -1.26. The van der Waals surface area contributed by atoms with E-state index in [1.165, 1.54) is 0 Å². The SMILES string of the molecule is CC(C)(CC(N)=O)NC(N)=O. The highest BCUT2D eigenvalue weighted by Crippen LogP contribution is 2.05. The molecule has 64 valence electrons. The molecule has 0 bridgehead atoms. The minimum Gasteiger partial charge on any atom is -0.370 e. The molecule has 0 spiro atoms. The van der Waals surface area contributed by atoms with Crippen LogP contribution < -0.4 is 16.8 Å². The molecule has 3 amide bonds. The van der Waals surface area contributed by atoms with Crippen LogP contribution in [0.4, 0.5) is 4.79 Å². The maximum atomic E-state index is 10.4. The van der Waals surface area contributed by atoms with Gasteiger partial charge in [-0.05, 0) is 13.8 Å². The fraction of sp³-hybridized carbons (Fsp3) is 0.667. The fourth-order valence-corrected chi connectivity index (χ4v) is 0.813. The number of rotatable bonds is 3. The molecule has 0 aliphatic carbocycles. The third-order valence-corrected chi connectivity index (χ3v) is 1.08. The summed E-state index contributed by atoms with van der Waals surface area (Å²) in [5, 5.41) is 2.39. The summed E-state index contributed by atoms with van der Waals surface area (Å²) in [5.74, 6) is -0.469. The number of hydrogen-bond acceptors (Lipinski definition) is 2. The predicted octanol–water partition coefficient (Wildman–Crippen LogP) is -0.691. The number of nitrogens with one attached hydrogen (secondary N) is 1. The molecule has 0 fully saturated rings. The van der Waals surface area contributed by atoms with Gasteiger partial charge in [-0.2, -0.15) is 0 Å². The molecule has 0 radical (unpaired) electrons. The van der Waals surface area contributed by atoms with Crippen molar-refractivity contribution in [1.82, 2.24) is 5.32 Å². The van der Waals surface area contributed by atoms with Gasteiger partial charge in [0.05, 0.1) is 0 Å². The minimum atomic E-state index is -0.656. The molecular formula is C6H13N3O2. The van der Waals surface area contributed by atoms with Crippen LogP contribution in [0.1, 0.15) is 20.3 Å². The lowest BCUT2D eigenvalue weighted by Crippen LogP contribution is -2.48. The van der Waals surface area contributed by atoms with Crippen molar-refractivity contribution in [3.05, 3.63) is 0 Å². The first kappa shape index (κ1) is 9.74. The Balaban J connectivity index is 3.99. The quantitative estimate of drug-likeness (QED) is 0.507. The molecule has 0 rings (SSSR count). The molecule has 0 unspecified atom stereocenters. The molecule has 0 atom stereocenters. The summed E-state index contributed by atoms with van der Waals surface area (Å²) in [7, 11) is 0. The molecule has 0 aromatic rings. The second-order valence-corrected chi connectivity index (χ2v) is 3.02. The van der Waals surface area contributed by atoms with Gasteiger partial charge in [0, 0.05) is 12.0 Å². The van der Waals surface area contributed by atoms with E-state index in [4.69, 9.17) is 11.5 Å². The van der Waals surface area contributed by atoms with Crippen LogP contribution >= 0.6 is 0 Å². The van der Waals surface area contributed by atoms with Gasteiger partial charge in [0.1, 0.15) is 0 Å². The van der Waals surface area contributed by atoms with Crippen molar-refractivity contribution < 1.29 is 9.59 Å². The highest BCUT2D eigenvalue weighted by molar-refractivity contribution is 5.77. The Morgan fingerprint density at radius 3 is 2.09 bits per heavy atom. The van der Waals surface area contributed by atoms with E-state index in [1.807, 2.05) is 0 Å². The van der Waals surface area contributed by atoms with Gasteiger partial charge in [0.25, 0.3) is 0 Å². The standard InChI is InChI=1S/C6H13N3O2/c1-6(2,3-4(7)10)9-5(8)11/h3H2,1-2H3,(H2,7,10)(H3,8,9,11). The van der Waals surface area contributed by atoms with Crippen LogP contribution in [0.25, 0.3) is 0 Å². The molecule has 11 heavy (non-hydrogen) atoms. The normalized spacial score (nSPS) is 10.7. The number of urea groups is 1. The Morgan fingerprint density at radius 1 is 1.36 bits per heavy atom. The van der Waals surface area contributed by atoms with Crippen LogP contribution in [0.5, 0.6) is 0 Å². The third kappa shape index (κ3) is 5.20. The number of primary amides is 2. The maximum absolute atomic E-state index is 10.4. The molecule has 0 aliphatic heterocycles. The molecule has 5 N–H and O–H groups in total. The summed E-state index contributed by atoms with van der Waals surface area (Å²) in [6.07, 6.45) is 0.0793. The van der Waals surface area contributed by atoms with Gasteiger partial charge in [-0.1, -0.05) is 0 Å². The molecule has 5 heteroatoms. The second kappa shape index (κ2) is 3.23. The largest absolute Gasteiger partial charge is 0.370 e. The molecule has 0 saturated carbocycles. The van der Waals surface area contributed by atoms with Gasteiger partial charge in [-0.15, -0.1) is 0 Å². The van der Waals surface area contributed by atoms with E-state index >= 15 is 0 Å². The van der Waals surface area contributed by atoms with E-state index < -0.39 is 17.5 Å². The minimum absolute atomic E-state index is 0.0793. The van der Waals surface area contributed by atoms with E-state index in [2.05, 4.69) is 5.32 Å². The lowest BCUT2D eigenvalue weighted by Gasteiger charge is -2.22. The van der Waals surface area contributed by atoms with E-state index in [1.54, 1.807) is 13.8 Å². The summed E-state index contributed by atoms with van der Waals surface area (Å²) < 4.78 is 0. The summed E-state index contributed by atoms with van der Waals surface area (Å²) in [5.41, 5.74) is 9.12. The van der Waals surface area contributed by atoms with Gasteiger partial charge in [-0.25, -0.2) is 4.79 Å². The monoisotopic (exact) mass is 159 g/mol. The van der Waals surface area contributed by atoms with Crippen LogP contribution in [-0.2, 0) is 4.79 Å². The summed E-state index contributed by atoms with van der Waals surface area (Å²) in [6, 6.07) is -0.656. The highest BCUT2D eigenvalue weighted by atomic mass is 16.2. The number of carbonyl (C=O) groups is 2. The Morgan fingerprint density at radius 2 is 1.82 bits per heavy atom. The van der Waals surface area contributed by atoms with Crippen molar-refractivity contribution in [3.8, 4) is 0 Å². The molecule has 0 aromatic carbocycles. The molecule has 5 nitrogen and oxygen atoms in total. The summed E-state index contributed by atoms with van der Waals surface area (Å²) >= 11 is 0. The predicted molar refractivity (Wildman–Crippen MR) is 40.6 cm³/mol. The molecule has 0 aromatic heterocycles. The average Bonchev–Trinajstić information content (AvgIpc) is 1.53. The van der Waals surface area contributed by atoms with Gasteiger partial charge in [-0.3, -0.25) is 4.79 Å². The van der Waals surface area contributed by atoms with Crippen LogP contribution in [0.3, 0.4) is 0 Å². The van der Waals surface area contributed by atoms with E-state index in [0.29, 0.717) is 0 Å². The number of hydrogen-bond donors (Lipinski definition) is 3. The van der Waals surface area contributed by atoms with Crippen molar-refractivity contribution in [2.75, 3.05) is 0 Å². The van der Waals surface area contributed by atoms with Crippen molar-refractivity contribution in [2.45, 2.75) is 25.8 Å². The van der Waals surface area contributed by atoms with Crippen LogP contribution in [-0.4, -0.2) is 17.5 Å². The summed E-state index contributed by atoms with van der Waals surface area (Å²) in [4.78, 5) is 20.8. The topological polar surface area (TPSA) is 98.2 Å². The molecule has 0 heterocycles. The average molecular weight is 159 g/mol. The first-order valence-electron chi connectivity index (χ1n) is 3.19. The Bertz CT molecular complexity index is 159. The van der Waals surface area contributed by atoms with Crippen LogP contribution in [0.15, 0.2) is 0 Å². The first-order chi connectivity index (χ1) is 4.83. The maximum Gasteiger partial charge on any atom is 0.312 e. The number of amides is 3. The van der Waals surface area contributed by atoms with Crippen LogP contribution in [0, 0.1) is 0 Å². The Kier molecular flexibility index (Phi) is 2.86. The van der Waals surface area contributed by atoms with Crippen LogP contribution in [0.2, 0.25) is 0 Å². The third-order valence-electron chi connectivity index (χ3n) is 1.08. The molecule has 0 saturated heterocycles. The van der Waals surface area contributed by atoms with Gasteiger partial charge < -0.3 is 16.8 Å². The van der Waals surface area contributed by atoms with Gasteiger partial charge in [0.15, 0.2) is 0 Å². The smallest absolute Gasteiger partial charge is 0.312 e. The van der Waals surface area contributed by atoms with Gasteiger partial charge in [0.2, 0.25) is 5.91 Å². The van der Waals surface area contributed by atoms with Crippen molar-refractivity contribution in [3.63, 3.8) is 0 Å². The fourth-order valence-electron chi connectivity index (χ4n) is 0.813. The Labute approximate surface area is 65.1 Å². The van der Waals surface area contributed by atoms with Gasteiger partial charge >= 0.3 is 6.03 Å². The number of nitrogens with two attached hydrogens (primary N) is 2. The van der Waals surface area contributed by atoms with Crippen molar-refractivity contribution in [2.24, 2.45) is 11.5 Å². The second-order valence-electron chi connectivity index (χ2n) is 3.02. The van der Waals surface area contributed by atoms with E-state index in [0.717, 1.165) is 0 Å². The van der Waals surface area contributed by atoms with Crippen molar-refractivity contribution >= 4 is 11.9 Å². The zero-order chi connectivity index (χ0) is 9.07. The zero-order valence-electron chi connectivity index (χ0n) is 6.68. The summed E-state index contributed by atoms with van der Waals surface area (Å²) in [6.45, 7) is 3.34. The van der Waals surface area contributed by atoms with E-state index in [-0.39, 0.29) is 6.42 Å².